The minimum Gasteiger partial charge on any atom is -0.456 e. The molecule has 4 heteroatoms. The second-order valence-electron chi connectivity index (χ2n) is 4.51. The van der Waals surface area contributed by atoms with Crippen LogP contribution in [-0.2, 0) is 0 Å². The Labute approximate surface area is 139 Å². The van der Waals surface area contributed by atoms with E-state index in [0.29, 0.717) is 17.1 Å². The van der Waals surface area contributed by atoms with Crippen LogP contribution in [0, 0.1) is 11.3 Å². The van der Waals surface area contributed by atoms with Gasteiger partial charge in [-0.05, 0) is 53.2 Å². The Balaban J connectivity index is 1.99. The zero-order valence-corrected chi connectivity index (χ0v) is 14.0. The first-order valence-corrected chi connectivity index (χ1v) is 7.81. The molecule has 0 amide bonds. The molecule has 0 saturated carbocycles. The molecule has 102 valence electrons. The SMILES string of the molecule is N#Cc1cc(Br)ccc1Oc1ccc2cc(Br)ccc2c1. The molecule has 0 aliphatic rings. The van der Waals surface area contributed by atoms with Crippen molar-refractivity contribution in [1.29, 1.82) is 5.26 Å². The fourth-order valence-electron chi connectivity index (χ4n) is 2.06. The predicted octanol–water partition coefficient (Wildman–Crippen LogP) is 6.03. The highest BCUT2D eigenvalue weighted by Gasteiger charge is 2.06. The van der Waals surface area contributed by atoms with Crippen molar-refractivity contribution < 1.29 is 4.74 Å². The Bertz CT molecular complexity index is 868. The third-order valence-corrected chi connectivity index (χ3v) is 4.05. The van der Waals surface area contributed by atoms with Crippen LogP contribution >= 0.6 is 31.9 Å². The van der Waals surface area contributed by atoms with Crippen molar-refractivity contribution in [2.45, 2.75) is 0 Å². The van der Waals surface area contributed by atoms with Gasteiger partial charge >= 0.3 is 0 Å². The topological polar surface area (TPSA) is 33.0 Å². The fraction of sp³-hybridized carbons (Fsp3) is 0. The second-order valence-corrected chi connectivity index (χ2v) is 6.34. The van der Waals surface area contributed by atoms with Crippen molar-refractivity contribution in [3.05, 3.63) is 69.1 Å². The van der Waals surface area contributed by atoms with Gasteiger partial charge in [0.25, 0.3) is 0 Å². The van der Waals surface area contributed by atoms with Crippen molar-refractivity contribution in [2.24, 2.45) is 0 Å². The number of hydrogen-bond donors (Lipinski definition) is 0. The van der Waals surface area contributed by atoms with Crippen LogP contribution in [-0.4, -0.2) is 0 Å². The van der Waals surface area contributed by atoms with Gasteiger partial charge in [0.15, 0.2) is 0 Å². The van der Waals surface area contributed by atoms with Crippen LogP contribution in [0.5, 0.6) is 11.5 Å². The van der Waals surface area contributed by atoms with Gasteiger partial charge in [-0.1, -0.05) is 44.0 Å². The monoisotopic (exact) mass is 401 g/mol. The summed E-state index contributed by atoms with van der Waals surface area (Å²) in [7, 11) is 0. The number of halogens is 2. The molecule has 0 aliphatic carbocycles. The van der Waals surface area contributed by atoms with Gasteiger partial charge in [0, 0.05) is 8.95 Å². The van der Waals surface area contributed by atoms with Gasteiger partial charge in [0.2, 0.25) is 0 Å². The molecule has 0 saturated heterocycles. The van der Waals surface area contributed by atoms with Crippen LogP contribution in [0.1, 0.15) is 5.56 Å². The summed E-state index contributed by atoms with van der Waals surface area (Å²) in [6.45, 7) is 0. The van der Waals surface area contributed by atoms with E-state index in [1.807, 2.05) is 36.4 Å². The number of ether oxygens (including phenoxy) is 1. The number of rotatable bonds is 2. The Kier molecular flexibility index (Phi) is 3.96. The van der Waals surface area contributed by atoms with Crippen LogP contribution in [0.3, 0.4) is 0 Å². The summed E-state index contributed by atoms with van der Waals surface area (Å²) in [5.74, 6) is 1.26. The lowest BCUT2D eigenvalue weighted by Crippen LogP contribution is -1.88. The molecule has 0 atom stereocenters. The third kappa shape index (κ3) is 3.10. The number of fused-ring (bicyclic) bond motifs is 1. The molecular weight excluding hydrogens is 394 g/mol. The normalized spacial score (nSPS) is 10.3. The highest BCUT2D eigenvalue weighted by molar-refractivity contribution is 9.10. The van der Waals surface area contributed by atoms with Crippen molar-refractivity contribution in [2.75, 3.05) is 0 Å². The third-order valence-electron chi connectivity index (χ3n) is 3.06. The highest BCUT2D eigenvalue weighted by atomic mass is 79.9. The smallest absolute Gasteiger partial charge is 0.145 e. The number of benzene rings is 3. The molecule has 0 spiro atoms. The van der Waals surface area contributed by atoms with E-state index in [2.05, 4.69) is 44.0 Å². The average Bonchev–Trinajstić information content (AvgIpc) is 2.49. The molecule has 0 heterocycles. The first-order valence-electron chi connectivity index (χ1n) is 6.22. The lowest BCUT2D eigenvalue weighted by Gasteiger charge is -2.09. The summed E-state index contributed by atoms with van der Waals surface area (Å²) in [5, 5.41) is 11.4. The van der Waals surface area contributed by atoms with Crippen LogP contribution < -0.4 is 4.74 Å². The van der Waals surface area contributed by atoms with Gasteiger partial charge in [0.05, 0.1) is 5.56 Å². The molecule has 0 fully saturated rings. The van der Waals surface area contributed by atoms with Crippen LogP contribution in [0.15, 0.2) is 63.5 Å². The number of nitrogens with zero attached hydrogens (tertiary/aromatic N) is 1. The van der Waals surface area contributed by atoms with E-state index < -0.39 is 0 Å². The molecule has 3 rings (SSSR count). The van der Waals surface area contributed by atoms with Crippen molar-refractivity contribution >= 4 is 42.6 Å². The first kappa shape index (κ1) is 14.1. The first-order chi connectivity index (χ1) is 10.2. The van der Waals surface area contributed by atoms with E-state index in [1.54, 1.807) is 12.1 Å². The lowest BCUT2D eigenvalue weighted by molar-refractivity contribution is 0.482. The summed E-state index contributed by atoms with van der Waals surface area (Å²) in [4.78, 5) is 0. The van der Waals surface area contributed by atoms with Gasteiger partial charge in [-0.3, -0.25) is 0 Å². The summed E-state index contributed by atoms with van der Waals surface area (Å²) in [6.07, 6.45) is 0. The number of nitriles is 1. The standard InChI is InChI=1S/C17H9Br2NO/c18-14-3-1-12-9-16(5-2-11(12)7-14)21-17-6-4-15(19)8-13(17)10-20/h1-9H. The zero-order valence-electron chi connectivity index (χ0n) is 10.8. The van der Waals surface area contributed by atoms with Gasteiger partial charge in [0.1, 0.15) is 17.6 Å². The van der Waals surface area contributed by atoms with E-state index >= 15 is 0 Å². The molecule has 2 nitrogen and oxygen atoms in total. The number of hydrogen-bond acceptors (Lipinski definition) is 2. The van der Waals surface area contributed by atoms with Gasteiger partial charge < -0.3 is 4.74 Å². The van der Waals surface area contributed by atoms with E-state index in [1.165, 1.54) is 0 Å². The maximum Gasteiger partial charge on any atom is 0.145 e. The molecule has 0 N–H and O–H groups in total. The van der Waals surface area contributed by atoms with Crippen LogP contribution in [0.4, 0.5) is 0 Å². The molecule has 3 aromatic rings. The minimum absolute atomic E-state index is 0.500. The lowest BCUT2D eigenvalue weighted by atomic mass is 10.1. The van der Waals surface area contributed by atoms with Crippen molar-refractivity contribution in [3.63, 3.8) is 0 Å². The molecule has 0 radical (unpaired) electrons. The van der Waals surface area contributed by atoms with E-state index in [0.717, 1.165) is 19.7 Å². The summed E-state index contributed by atoms with van der Waals surface area (Å²) < 4.78 is 7.74. The highest BCUT2D eigenvalue weighted by Crippen LogP contribution is 2.30. The van der Waals surface area contributed by atoms with Crippen molar-refractivity contribution in [3.8, 4) is 17.6 Å². The van der Waals surface area contributed by atoms with E-state index in [-0.39, 0.29) is 0 Å². The molecule has 0 aromatic heterocycles. The maximum absolute atomic E-state index is 9.17. The fourth-order valence-corrected chi connectivity index (χ4v) is 2.80. The summed E-state index contributed by atoms with van der Waals surface area (Å²) in [6, 6.07) is 19.5. The predicted molar refractivity (Wildman–Crippen MR) is 90.6 cm³/mol. The molecule has 21 heavy (non-hydrogen) atoms. The maximum atomic E-state index is 9.17. The Hall–Kier alpha value is -1.83. The largest absolute Gasteiger partial charge is 0.456 e. The van der Waals surface area contributed by atoms with Gasteiger partial charge in [-0.25, -0.2) is 0 Å². The van der Waals surface area contributed by atoms with Crippen LogP contribution in [0.2, 0.25) is 0 Å². The summed E-state index contributed by atoms with van der Waals surface area (Å²) >= 11 is 6.81. The molecule has 3 aromatic carbocycles. The second kappa shape index (κ2) is 5.88. The van der Waals surface area contributed by atoms with Crippen LogP contribution in [0.25, 0.3) is 10.8 Å². The Morgan fingerprint density at radius 2 is 1.48 bits per heavy atom. The van der Waals surface area contributed by atoms with E-state index in [4.69, 9.17) is 10.00 Å². The summed E-state index contributed by atoms with van der Waals surface area (Å²) in [5.41, 5.74) is 0.500. The molecule has 0 aliphatic heterocycles. The molecule has 0 unspecified atom stereocenters. The van der Waals surface area contributed by atoms with Gasteiger partial charge in [-0.2, -0.15) is 5.26 Å². The quantitative estimate of drug-likeness (QED) is 0.524. The van der Waals surface area contributed by atoms with E-state index in [9.17, 15) is 0 Å². The average molecular weight is 403 g/mol. The Morgan fingerprint density at radius 1 is 0.810 bits per heavy atom. The van der Waals surface area contributed by atoms with Gasteiger partial charge in [-0.15, -0.1) is 0 Å². The van der Waals surface area contributed by atoms with Crippen molar-refractivity contribution in [1.82, 2.24) is 0 Å². The zero-order chi connectivity index (χ0) is 14.8. The minimum atomic E-state index is 0.500. The molecular formula is C17H9Br2NO. The Morgan fingerprint density at radius 3 is 2.29 bits per heavy atom. The molecule has 0 bridgehead atoms.